The van der Waals surface area contributed by atoms with Gasteiger partial charge in [-0.15, -0.1) is 0 Å². The van der Waals surface area contributed by atoms with Gasteiger partial charge in [-0.25, -0.2) is 9.97 Å². The van der Waals surface area contributed by atoms with Crippen molar-refractivity contribution >= 4 is 5.84 Å². The largest absolute Gasteiger partial charge is 0.468 e. The molecule has 3 N–H and O–H groups in total. The molecule has 0 saturated heterocycles. The number of amidine groups is 1. The van der Waals surface area contributed by atoms with Gasteiger partial charge in [-0.1, -0.05) is 5.16 Å². The van der Waals surface area contributed by atoms with Crippen LogP contribution in [0.1, 0.15) is 11.5 Å². The number of hydrogen-bond donors (Lipinski definition) is 2. The molecule has 2 aromatic rings. The third-order valence-electron chi connectivity index (χ3n) is 1.95. The number of hydrogen-bond acceptors (Lipinski definition) is 6. The van der Waals surface area contributed by atoms with E-state index in [9.17, 15) is 0 Å². The van der Waals surface area contributed by atoms with Crippen LogP contribution in [0.25, 0.3) is 0 Å². The zero-order valence-corrected chi connectivity index (χ0v) is 8.78. The lowest BCUT2D eigenvalue weighted by Gasteiger charge is -2.06. The standard InChI is InChI=1S/C10H10N4O3/c11-9(14-15)8-10(13-4-3-12-8)17-6-7-2-1-5-16-7/h1-5,15H,6H2,(H2,11,14). The van der Waals surface area contributed by atoms with Crippen molar-refractivity contribution in [2.75, 3.05) is 0 Å². The minimum atomic E-state index is -0.160. The van der Waals surface area contributed by atoms with Gasteiger partial charge < -0.3 is 20.1 Å². The van der Waals surface area contributed by atoms with Crippen molar-refractivity contribution in [3.05, 3.63) is 42.2 Å². The Morgan fingerprint density at radius 2 is 2.29 bits per heavy atom. The van der Waals surface area contributed by atoms with Crippen LogP contribution in [0, 0.1) is 0 Å². The highest BCUT2D eigenvalue weighted by Gasteiger charge is 2.11. The Kier molecular flexibility index (Phi) is 3.20. The molecule has 0 aromatic carbocycles. The number of aromatic nitrogens is 2. The summed E-state index contributed by atoms with van der Waals surface area (Å²) in [4.78, 5) is 7.86. The second-order valence-electron chi connectivity index (χ2n) is 3.06. The van der Waals surface area contributed by atoms with Gasteiger partial charge in [0.15, 0.2) is 11.5 Å². The molecule has 88 valence electrons. The quantitative estimate of drug-likeness (QED) is 0.350. The highest BCUT2D eigenvalue weighted by molar-refractivity contribution is 5.97. The van der Waals surface area contributed by atoms with Crippen LogP contribution in [0.5, 0.6) is 5.88 Å². The topological polar surface area (TPSA) is 107 Å². The van der Waals surface area contributed by atoms with E-state index in [1.807, 2.05) is 0 Å². The summed E-state index contributed by atoms with van der Waals surface area (Å²) in [5, 5.41) is 11.4. The predicted molar refractivity (Wildman–Crippen MR) is 57.6 cm³/mol. The SMILES string of the molecule is N/C(=N\O)c1nccnc1OCc1ccco1. The molecule has 0 bridgehead atoms. The average molecular weight is 234 g/mol. The summed E-state index contributed by atoms with van der Waals surface area (Å²) in [6.07, 6.45) is 4.42. The molecule has 0 spiro atoms. The highest BCUT2D eigenvalue weighted by atomic mass is 16.5. The van der Waals surface area contributed by atoms with Gasteiger partial charge in [0, 0.05) is 12.4 Å². The predicted octanol–water partition coefficient (Wildman–Crippen LogP) is 0.743. The Balaban J connectivity index is 2.15. The number of nitrogens with zero attached hydrogens (tertiary/aromatic N) is 3. The van der Waals surface area contributed by atoms with Crippen molar-refractivity contribution in [3.8, 4) is 5.88 Å². The Bertz CT molecular complexity index is 510. The number of oxime groups is 1. The molecule has 0 aliphatic carbocycles. The lowest BCUT2D eigenvalue weighted by Crippen LogP contribution is -2.17. The first-order valence-electron chi connectivity index (χ1n) is 4.75. The van der Waals surface area contributed by atoms with Crippen molar-refractivity contribution in [1.29, 1.82) is 0 Å². The molecule has 0 saturated carbocycles. The van der Waals surface area contributed by atoms with Gasteiger partial charge in [-0.05, 0) is 12.1 Å². The highest BCUT2D eigenvalue weighted by Crippen LogP contribution is 2.13. The third-order valence-corrected chi connectivity index (χ3v) is 1.95. The van der Waals surface area contributed by atoms with Gasteiger partial charge in [0.1, 0.15) is 12.4 Å². The van der Waals surface area contributed by atoms with Crippen LogP contribution in [0.15, 0.2) is 40.4 Å². The molecule has 2 aromatic heterocycles. The van der Waals surface area contributed by atoms with Crippen LogP contribution >= 0.6 is 0 Å². The fraction of sp³-hybridized carbons (Fsp3) is 0.100. The van der Waals surface area contributed by atoms with E-state index in [2.05, 4.69) is 15.1 Å². The summed E-state index contributed by atoms with van der Waals surface area (Å²) in [6, 6.07) is 3.51. The van der Waals surface area contributed by atoms with Gasteiger partial charge in [-0.2, -0.15) is 0 Å². The molecule has 0 radical (unpaired) electrons. The molecule has 0 amide bonds. The van der Waals surface area contributed by atoms with Crippen LogP contribution in [0.4, 0.5) is 0 Å². The Labute approximate surface area is 96.5 Å². The summed E-state index contributed by atoms with van der Waals surface area (Å²) in [7, 11) is 0. The zero-order chi connectivity index (χ0) is 12.1. The van der Waals surface area contributed by atoms with Crippen LogP contribution in [-0.4, -0.2) is 21.0 Å². The van der Waals surface area contributed by atoms with Crippen molar-refractivity contribution in [2.24, 2.45) is 10.9 Å². The second-order valence-corrected chi connectivity index (χ2v) is 3.06. The van der Waals surface area contributed by atoms with E-state index in [0.717, 1.165) is 0 Å². The van der Waals surface area contributed by atoms with E-state index in [1.165, 1.54) is 12.4 Å². The first-order chi connectivity index (χ1) is 8.31. The first-order valence-corrected chi connectivity index (χ1v) is 4.75. The number of nitrogens with two attached hydrogens (primary N) is 1. The molecule has 7 heteroatoms. The summed E-state index contributed by atoms with van der Waals surface area (Å²) in [6.45, 7) is 0.192. The Hall–Kier alpha value is -2.57. The third kappa shape index (κ3) is 2.51. The molecular weight excluding hydrogens is 224 g/mol. The maximum absolute atomic E-state index is 8.59. The van der Waals surface area contributed by atoms with Gasteiger partial charge >= 0.3 is 0 Å². The van der Waals surface area contributed by atoms with E-state index in [1.54, 1.807) is 18.4 Å². The molecule has 17 heavy (non-hydrogen) atoms. The van der Waals surface area contributed by atoms with Crippen molar-refractivity contribution in [3.63, 3.8) is 0 Å². The van der Waals surface area contributed by atoms with Crippen molar-refractivity contribution in [2.45, 2.75) is 6.61 Å². The van der Waals surface area contributed by atoms with E-state index in [4.69, 9.17) is 20.1 Å². The van der Waals surface area contributed by atoms with Crippen LogP contribution in [0.3, 0.4) is 0 Å². The lowest BCUT2D eigenvalue weighted by molar-refractivity contribution is 0.258. The molecule has 2 rings (SSSR count). The summed E-state index contributed by atoms with van der Waals surface area (Å²) in [5.74, 6) is 0.660. The molecule has 7 nitrogen and oxygen atoms in total. The fourth-order valence-electron chi connectivity index (χ4n) is 1.19. The molecule has 0 aliphatic rings. The molecule has 0 atom stereocenters. The molecule has 2 heterocycles. The Morgan fingerprint density at radius 3 is 3.00 bits per heavy atom. The van der Waals surface area contributed by atoms with E-state index in [0.29, 0.717) is 5.76 Å². The summed E-state index contributed by atoms with van der Waals surface area (Å²) >= 11 is 0. The Morgan fingerprint density at radius 1 is 1.47 bits per heavy atom. The van der Waals surface area contributed by atoms with E-state index in [-0.39, 0.29) is 24.0 Å². The van der Waals surface area contributed by atoms with Gasteiger partial charge in [-0.3, -0.25) is 0 Å². The van der Waals surface area contributed by atoms with Gasteiger partial charge in [0.2, 0.25) is 5.88 Å². The minimum absolute atomic E-state index is 0.160. The number of rotatable bonds is 4. The monoisotopic (exact) mass is 234 g/mol. The summed E-state index contributed by atoms with van der Waals surface area (Å²) < 4.78 is 10.5. The van der Waals surface area contributed by atoms with E-state index >= 15 is 0 Å². The van der Waals surface area contributed by atoms with Crippen LogP contribution in [0.2, 0.25) is 0 Å². The maximum Gasteiger partial charge on any atom is 0.244 e. The zero-order valence-electron chi connectivity index (χ0n) is 8.78. The smallest absolute Gasteiger partial charge is 0.244 e. The number of furan rings is 1. The lowest BCUT2D eigenvalue weighted by atomic mass is 10.4. The number of ether oxygens (including phenoxy) is 1. The van der Waals surface area contributed by atoms with Crippen molar-refractivity contribution < 1.29 is 14.4 Å². The van der Waals surface area contributed by atoms with Crippen LogP contribution < -0.4 is 10.5 Å². The van der Waals surface area contributed by atoms with Crippen LogP contribution in [-0.2, 0) is 6.61 Å². The average Bonchev–Trinajstić information content (AvgIpc) is 2.89. The summed E-state index contributed by atoms with van der Waals surface area (Å²) in [5.41, 5.74) is 5.62. The van der Waals surface area contributed by atoms with Gasteiger partial charge in [0.05, 0.1) is 6.26 Å². The maximum atomic E-state index is 8.59. The molecule has 0 unspecified atom stereocenters. The van der Waals surface area contributed by atoms with Gasteiger partial charge in [0.25, 0.3) is 0 Å². The van der Waals surface area contributed by atoms with E-state index < -0.39 is 0 Å². The second kappa shape index (κ2) is 4.97. The normalized spacial score (nSPS) is 11.4. The molecule has 0 aliphatic heterocycles. The molecular formula is C10H10N4O3. The first kappa shape index (κ1) is 10.9. The minimum Gasteiger partial charge on any atom is -0.468 e. The van der Waals surface area contributed by atoms with Crippen molar-refractivity contribution in [1.82, 2.24) is 9.97 Å². The molecule has 0 fully saturated rings. The fourth-order valence-corrected chi connectivity index (χ4v) is 1.19.